The largest absolute Gasteiger partial charge is 0.360 e. The molecule has 0 saturated carbocycles. The quantitative estimate of drug-likeness (QED) is 0.873. The second-order valence-electron chi connectivity index (χ2n) is 3.50. The molecule has 2 aromatic rings. The molecule has 0 atom stereocenters. The van der Waals surface area contributed by atoms with Crippen LogP contribution in [0.15, 0.2) is 35.0 Å². The molecule has 4 nitrogen and oxygen atoms in total. The number of hydrogen-bond acceptors (Lipinski definition) is 4. The third-order valence-corrected chi connectivity index (χ3v) is 2.29. The number of nitrogens with zero attached hydrogens (tertiary/aromatic N) is 2. The van der Waals surface area contributed by atoms with Gasteiger partial charge in [-0.05, 0) is 12.1 Å². The average molecular weight is 231 g/mol. The van der Waals surface area contributed by atoms with Crippen LogP contribution in [0.4, 0.5) is 4.39 Å². The molecular formula is C12H10FN3O. The zero-order chi connectivity index (χ0) is 12.1. The van der Waals surface area contributed by atoms with Crippen molar-refractivity contribution in [2.24, 2.45) is 0 Å². The van der Waals surface area contributed by atoms with Gasteiger partial charge in [0.1, 0.15) is 11.6 Å². The van der Waals surface area contributed by atoms with Crippen LogP contribution in [-0.2, 0) is 13.1 Å². The van der Waals surface area contributed by atoms with Gasteiger partial charge in [0.25, 0.3) is 0 Å². The van der Waals surface area contributed by atoms with E-state index in [-0.39, 0.29) is 5.82 Å². The van der Waals surface area contributed by atoms with Crippen molar-refractivity contribution in [3.8, 4) is 6.07 Å². The van der Waals surface area contributed by atoms with Crippen molar-refractivity contribution in [2.45, 2.75) is 13.1 Å². The van der Waals surface area contributed by atoms with Gasteiger partial charge in [-0.2, -0.15) is 5.26 Å². The van der Waals surface area contributed by atoms with Gasteiger partial charge in [-0.1, -0.05) is 11.2 Å². The van der Waals surface area contributed by atoms with Gasteiger partial charge < -0.3 is 9.84 Å². The van der Waals surface area contributed by atoms with Crippen molar-refractivity contribution in [1.29, 1.82) is 5.26 Å². The summed E-state index contributed by atoms with van der Waals surface area (Å²) in [4.78, 5) is 0. The molecule has 5 heteroatoms. The molecule has 0 spiro atoms. The molecule has 2 rings (SSSR count). The number of rotatable bonds is 4. The normalized spacial score (nSPS) is 10.1. The van der Waals surface area contributed by atoms with Crippen molar-refractivity contribution < 1.29 is 8.91 Å². The fourth-order valence-corrected chi connectivity index (χ4v) is 1.41. The molecule has 0 bridgehead atoms. The van der Waals surface area contributed by atoms with E-state index in [1.165, 1.54) is 6.07 Å². The van der Waals surface area contributed by atoms with Crippen LogP contribution in [0.2, 0.25) is 0 Å². The molecule has 1 heterocycles. The lowest BCUT2D eigenvalue weighted by Gasteiger charge is -2.04. The summed E-state index contributed by atoms with van der Waals surface area (Å²) < 4.78 is 18.4. The Kier molecular flexibility index (Phi) is 3.48. The Bertz CT molecular complexity index is 531. The van der Waals surface area contributed by atoms with Gasteiger partial charge in [-0.25, -0.2) is 4.39 Å². The summed E-state index contributed by atoms with van der Waals surface area (Å²) in [7, 11) is 0. The molecule has 0 aliphatic rings. The Balaban J connectivity index is 1.93. The highest BCUT2D eigenvalue weighted by Gasteiger charge is 2.03. The molecule has 1 aromatic carbocycles. The molecule has 0 amide bonds. The van der Waals surface area contributed by atoms with Crippen molar-refractivity contribution >= 4 is 0 Å². The number of nitriles is 1. The molecule has 86 valence electrons. The van der Waals surface area contributed by atoms with Gasteiger partial charge >= 0.3 is 0 Å². The molecule has 0 radical (unpaired) electrons. The molecule has 0 saturated heterocycles. The van der Waals surface area contributed by atoms with E-state index in [0.717, 1.165) is 0 Å². The Morgan fingerprint density at radius 3 is 2.88 bits per heavy atom. The molecule has 0 aliphatic heterocycles. The minimum atomic E-state index is -0.380. The number of aromatic nitrogens is 1. The number of halogens is 1. The minimum Gasteiger partial charge on any atom is -0.360 e. The van der Waals surface area contributed by atoms with Crippen LogP contribution in [0, 0.1) is 17.1 Å². The third kappa shape index (κ3) is 2.89. The first-order valence-corrected chi connectivity index (χ1v) is 5.08. The highest BCUT2D eigenvalue weighted by molar-refractivity contribution is 5.32. The highest BCUT2D eigenvalue weighted by Crippen LogP contribution is 2.09. The monoisotopic (exact) mass is 231 g/mol. The number of benzene rings is 1. The van der Waals surface area contributed by atoms with E-state index in [1.54, 1.807) is 24.4 Å². The van der Waals surface area contributed by atoms with Crippen LogP contribution >= 0.6 is 0 Å². The Labute approximate surface area is 97.7 Å². The van der Waals surface area contributed by atoms with E-state index < -0.39 is 0 Å². The predicted molar refractivity (Wildman–Crippen MR) is 58.2 cm³/mol. The fourth-order valence-electron chi connectivity index (χ4n) is 1.41. The summed E-state index contributed by atoms with van der Waals surface area (Å²) in [5.74, 6) is 0.313. The molecule has 17 heavy (non-hydrogen) atoms. The van der Waals surface area contributed by atoms with E-state index >= 15 is 0 Å². The lowest BCUT2D eigenvalue weighted by Crippen LogP contribution is -2.13. The van der Waals surface area contributed by atoms with Crippen LogP contribution < -0.4 is 5.32 Å². The summed E-state index contributed by atoms with van der Waals surface area (Å²) >= 11 is 0. The Morgan fingerprint density at radius 1 is 1.35 bits per heavy atom. The van der Waals surface area contributed by atoms with Gasteiger partial charge in [-0.15, -0.1) is 0 Å². The smallest absolute Gasteiger partial charge is 0.150 e. The topological polar surface area (TPSA) is 61.9 Å². The van der Waals surface area contributed by atoms with E-state index in [2.05, 4.69) is 10.5 Å². The van der Waals surface area contributed by atoms with Gasteiger partial charge in [0, 0.05) is 18.2 Å². The van der Waals surface area contributed by atoms with Crippen LogP contribution in [0.1, 0.15) is 16.9 Å². The number of nitrogens with one attached hydrogen (secondary N) is 1. The van der Waals surface area contributed by atoms with E-state index in [4.69, 9.17) is 9.78 Å². The maximum absolute atomic E-state index is 13.5. The zero-order valence-electron chi connectivity index (χ0n) is 8.98. The molecular weight excluding hydrogens is 221 g/mol. The summed E-state index contributed by atoms with van der Waals surface area (Å²) in [5, 5.41) is 15.2. The van der Waals surface area contributed by atoms with Crippen LogP contribution in [0.3, 0.4) is 0 Å². The van der Waals surface area contributed by atoms with Crippen LogP contribution in [0.5, 0.6) is 0 Å². The Morgan fingerprint density at radius 2 is 2.24 bits per heavy atom. The van der Waals surface area contributed by atoms with E-state index in [0.29, 0.717) is 30.0 Å². The van der Waals surface area contributed by atoms with Crippen molar-refractivity contribution in [1.82, 2.24) is 10.5 Å². The third-order valence-electron chi connectivity index (χ3n) is 2.29. The van der Waals surface area contributed by atoms with Crippen molar-refractivity contribution in [3.63, 3.8) is 0 Å². The second kappa shape index (κ2) is 5.23. The second-order valence-corrected chi connectivity index (χ2v) is 3.50. The first-order chi connectivity index (χ1) is 8.29. The molecule has 1 N–H and O–H groups in total. The fraction of sp³-hybridized carbons (Fsp3) is 0.167. The molecule has 0 aliphatic carbocycles. The molecule has 1 aromatic heterocycles. The molecule has 0 unspecified atom stereocenters. The van der Waals surface area contributed by atoms with Crippen LogP contribution in [0.25, 0.3) is 0 Å². The number of hydrogen-bond donors (Lipinski definition) is 1. The lowest BCUT2D eigenvalue weighted by atomic mass is 10.1. The zero-order valence-corrected chi connectivity index (χ0v) is 8.98. The first-order valence-electron chi connectivity index (χ1n) is 5.08. The Hall–Kier alpha value is -2.19. The van der Waals surface area contributed by atoms with E-state index in [9.17, 15) is 4.39 Å². The van der Waals surface area contributed by atoms with Gasteiger partial charge in [0.15, 0.2) is 0 Å². The predicted octanol–water partition coefficient (Wildman–Crippen LogP) is 1.98. The first kappa shape index (κ1) is 11.3. The summed E-state index contributed by atoms with van der Waals surface area (Å²) in [6.07, 6.45) is 1.55. The summed E-state index contributed by atoms with van der Waals surface area (Å²) in [5.41, 5.74) is 0.838. The molecule has 0 fully saturated rings. The van der Waals surface area contributed by atoms with E-state index in [1.807, 2.05) is 6.07 Å². The van der Waals surface area contributed by atoms with Gasteiger partial charge in [0.2, 0.25) is 0 Å². The summed E-state index contributed by atoms with van der Waals surface area (Å²) in [6.45, 7) is 0.859. The minimum absolute atomic E-state index is 0.321. The SMILES string of the molecule is N#Cc1ccc(CNCc2ccno2)c(F)c1. The average Bonchev–Trinajstić information content (AvgIpc) is 2.84. The lowest BCUT2D eigenvalue weighted by molar-refractivity contribution is 0.372. The highest BCUT2D eigenvalue weighted by atomic mass is 19.1. The van der Waals surface area contributed by atoms with Gasteiger partial charge in [-0.3, -0.25) is 0 Å². The maximum Gasteiger partial charge on any atom is 0.150 e. The van der Waals surface area contributed by atoms with Crippen LogP contribution in [-0.4, -0.2) is 5.16 Å². The van der Waals surface area contributed by atoms with Gasteiger partial charge in [0.05, 0.1) is 24.4 Å². The van der Waals surface area contributed by atoms with Crippen molar-refractivity contribution in [3.05, 3.63) is 53.2 Å². The summed E-state index contributed by atoms with van der Waals surface area (Å²) in [6, 6.07) is 8.05. The standard InChI is InChI=1S/C12H10FN3O/c13-12-5-9(6-14)1-2-10(12)7-15-8-11-3-4-16-17-11/h1-5,15H,7-8H2. The maximum atomic E-state index is 13.5. The van der Waals surface area contributed by atoms with Crippen molar-refractivity contribution in [2.75, 3.05) is 0 Å².